The molecule has 0 aliphatic heterocycles. The van der Waals surface area contributed by atoms with Crippen LogP contribution in [0.1, 0.15) is 17.3 Å². The molecule has 1 heterocycles. The highest BCUT2D eigenvalue weighted by Crippen LogP contribution is 2.04. The van der Waals surface area contributed by atoms with Gasteiger partial charge in [-0.1, -0.05) is 0 Å². The maximum atomic E-state index is 11.2. The van der Waals surface area contributed by atoms with E-state index in [1.165, 1.54) is 0 Å². The van der Waals surface area contributed by atoms with Crippen molar-refractivity contribution in [3.05, 3.63) is 38.2 Å². The Balaban J connectivity index is 3.09. The minimum absolute atomic E-state index is 0.134. The number of rotatable bonds is 3. The first-order chi connectivity index (χ1) is 7.06. The molecule has 0 saturated carbocycles. The van der Waals surface area contributed by atoms with Gasteiger partial charge in [0.2, 0.25) is 0 Å². The van der Waals surface area contributed by atoms with Crippen LogP contribution in [0.5, 0.6) is 0 Å². The van der Waals surface area contributed by atoms with E-state index in [1.807, 2.05) is 4.98 Å². The summed E-state index contributed by atoms with van der Waals surface area (Å²) in [6, 6.07) is 2.10. The van der Waals surface area contributed by atoms with Crippen LogP contribution in [-0.2, 0) is 4.74 Å². The number of carbonyl (C=O) groups is 1. The topological polar surface area (TPSA) is 102 Å². The Morgan fingerprint density at radius 3 is 2.73 bits per heavy atom. The average molecular weight is 212 g/mol. The van der Waals surface area contributed by atoms with Gasteiger partial charge in [-0.2, -0.15) is 0 Å². The molecule has 0 bridgehead atoms. The minimum atomic E-state index is -0.831. The van der Waals surface area contributed by atoms with Crippen LogP contribution in [0.3, 0.4) is 0 Å². The minimum Gasteiger partial charge on any atom is -0.462 e. The first-order valence-electron chi connectivity index (χ1n) is 4.11. The number of nitrogens with one attached hydrogen (secondary N) is 1. The molecular weight excluding hydrogens is 204 g/mol. The number of aromatic nitrogens is 1. The van der Waals surface area contributed by atoms with Crippen LogP contribution in [-0.4, -0.2) is 22.5 Å². The van der Waals surface area contributed by atoms with Crippen molar-refractivity contribution in [3.8, 4) is 0 Å². The largest absolute Gasteiger partial charge is 0.462 e. The molecule has 1 aromatic heterocycles. The number of hydrogen-bond acceptors (Lipinski definition) is 5. The van der Waals surface area contributed by atoms with Crippen molar-refractivity contribution in [2.24, 2.45) is 0 Å². The highest BCUT2D eigenvalue weighted by atomic mass is 16.6. The van der Waals surface area contributed by atoms with Gasteiger partial charge in [0.05, 0.1) is 6.61 Å². The van der Waals surface area contributed by atoms with Crippen molar-refractivity contribution in [3.63, 3.8) is 0 Å². The van der Waals surface area contributed by atoms with Crippen molar-refractivity contribution in [1.82, 2.24) is 4.98 Å². The van der Waals surface area contributed by atoms with Gasteiger partial charge < -0.3 is 14.9 Å². The molecule has 1 rings (SSSR count). The van der Waals surface area contributed by atoms with E-state index in [9.17, 15) is 19.7 Å². The number of pyridine rings is 1. The quantitative estimate of drug-likeness (QED) is 0.445. The summed E-state index contributed by atoms with van der Waals surface area (Å²) in [6.07, 6.45) is 0. The number of aromatic amines is 1. The molecule has 0 aliphatic carbocycles. The lowest BCUT2D eigenvalue weighted by Crippen LogP contribution is -2.20. The fraction of sp³-hybridized carbons (Fsp3) is 0.250. The summed E-state index contributed by atoms with van der Waals surface area (Å²) in [7, 11) is 0. The summed E-state index contributed by atoms with van der Waals surface area (Å²) >= 11 is 0. The third kappa shape index (κ3) is 2.39. The molecule has 7 heteroatoms. The Kier molecular flexibility index (Phi) is 3.17. The van der Waals surface area contributed by atoms with Gasteiger partial charge in [0, 0.05) is 6.07 Å². The molecule has 1 N–H and O–H groups in total. The van der Waals surface area contributed by atoms with Gasteiger partial charge in [-0.15, -0.1) is 0 Å². The van der Waals surface area contributed by atoms with Gasteiger partial charge >= 0.3 is 17.3 Å². The SMILES string of the molecule is CCOC(=O)c1ccc([N+](=O)[O-])[nH]c1=O. The Labute approximate surface area is 83.8 Å². The molecule has 0 unspecified atom stereocenters. The van der Waals surface area contributed by atoms with E-state index in [0.717, 1.165) is 12.1 Å². The number of hydrogen-bond donors (Lipinski definition) is 1. The van der Waals surface area contributed by atoms with Crippen LogP contribution >= 0.6 is 0 Å². The molecule has 0 radical (unpaired) electrons. The molecule has 0 atom stereocenters. The van der Waals surface area contributed by atoms with E-state index in [4.69, 9.17) is 0 Å². The second-order valence-corrected chi connectivity index (χ2v) is 2.56. The molecule has 15 heavy (non-hydrogen) atoms. The van der Waals surface area contributed by atoms with E-state index >= 15 is 0 Å². The average Bonchev–Trinajstić information content (AvgIpc) is 2.17. The summed E-state index contributed by atoms with van der Waals surface area (Å²) in [5, 5.41) is 10.3. The van der Waals surface area contributed by atoms with Crippen LogP contribution in [0.15, 0.2) is 16.9 Å². The third-order valence-corrected chi connectivity index (χ3v) is 1.59. The first-order valence-corrected chi connectivity index (χ1v) is 4.11. The molecule has 0 aromatic carbocycles. The predicted molar refractivity (Wildman–Crippen MR) is 49.7 cm³/mol. The van der Waals surface area contributed by atoms with Crippen molar-refractivity contribution in [2.45, 2.75) is 6.92 Å². The van der Waals surface area contributed by atoms with Crippen LogP contribution < -0.4 is 5.56 Å². The zero-order valence-corrected chi connectivity index (χ0v) is 7.85. The third-order valence-electron chi connectivity index (χ3n) is 1.59. The smallest absolute Gasteiger partial charge is 0.346 e. The maximum absolute atomic E-state index is 11.2. The highest BCUT2D eigenvalue weighted by molar-refractivity contribution is 5.88. The first kappa shape index (κ1) is 10.9. The Bertz CT molecular complexity index is 451. The summed E-state index contributed by atoms with van der Waals surface area (Å²) < 4.78 is 4.58. The van der Waals surface area contributed by atoms with Crippen LogP contribution in [0.4, 0.5) is 5.82 Å². The zero-order chi connectivity index (χ0) is 11.4. The number of nitrogens with zero attached hydrogens (tertiary/aromatic N) is 1. The predicted octanol–water partition coefficient (Wildman–Crippen LogP) is 0.460. The van der Waals surface area contributed by atoms with Crippen molar-refractivity contribution in [2.75, 3.05) is 6.61 Å². The molecule has 0 spiro atoms. The fourth-order valence-corrected chi connectivity index (χ4v) is 0.939. The molecular formula is C8H8N2O5. The summed E-state index contributed by atoms with van der Waals surface area (Å²) in [6.45, 7) is 1.73. The number of H-pyrrole nitrogens is 1. The fourth-order valence-electron chi connectivity index (χ4n) is 0.939. The maximum Gasteiger partial charge on any atom is 0.346 e. The molecule has 0 fully saturated rings. The van der Waals surface area contributed by atoms with Gasteiger partial charge in [-0.05, 0) is 17.9 Å². The number of esters is 1. The molecule has 7 nitrogen and oxygen atoms in total. The summed E-state index contributed by atoms with van der Waals surface area (Å²) in [4.78, 5) is 33.8. The van der Waals surface area contributed by atoms with Crippen LogP contribution in [0.25, 0.3) is 0 Å². The Morgan fingerprint density at radius 1 is 1.60 bits per heavy atom. The Morgan fingerprint density at radius 2 is 2.27 bits per heavy atom. The Hall–Kier alpha value is -2.18. The second-order valence-electron chi connectivity index (χ2n) is 2.56. The number of carbonyl (C=O) groups excluding carboxylic acids is 1. The lowest BCUT2D eigenvalue weighted by molar-refractivity contribution is -0.389. The van der Waals surface area contributed by atoms with E-state index in [0.29, 0.717) is 0 Å². The molecule has 80 valence electrons. The van der Waals surface area contributed by atoms with Gasteiger partial charge in [-0.25, -0.2) is 14.6 Å². The van der Waals surface area contributed by atoms with E-state index in [1.54, 1.807) is 6.92 Å². The van der Waals surface area contributed by atoms with Gasteiger partial charge in [-0.3, -0.25) is 0 Å². The van der Waals surface area contributed by atoms with Crippen LogP contribution in [0.2, 0.25) is 0 Å². The van der Waals surface area contributed by atoms with Crippen molar-refractivity contribution < 1.29 is 14.5 Å². The molecule has 0 saturated heterocycles. The molecule has 1 aromatic rings. The van der Waals surface area contributed by atoms with Crippen molar-refractivity contribution in [1.29, 1.82) is 0 Å². The van der Waals surface area contributed by atoms with Gasteiger partial charge in [0.25, 0.3) is 0 Å². The zero-order valence-electron chi connectivity index (χ0n) is 7.85. The number of ether oxygens (including phenoxy) is 1. The lowest BCUT2D eigenvalue weighted by Gasteiger charge is -1.99. The van der Waals surface area contributed by atoms with Crippen molar-refractivity contribution >= 4 is 11.8 Å². The molecule has 0 aliphatic rings. The van der Waals surface area contributed by atoms with Gasteiger partial charge in [0.15, 0.2) is 0 Å². The lowest BCUT2D eigenvalue weighted by atomic mass is 10.3. The monoisotopic (exact) mass is 212 g/mol. The standard InChI is InChI=1S/C8H8N2O5/c1-2-15-8(12)5-3-4-6(10(13)14)9-7(5)11/h3-4H,2H2,1H3,(H,9,11). The summed E-state index contributed by atoms with van der Waals surface area (Å²) in [5.74, 6) is -1.26. The molecule has 0 amide bonds. The van der Waals surface area contributed by atoms with E-state index in [2.05, 4.69) is 4.74 Å². The van der Waals surface area contributed by atoms with E-state index < -0.39 is 22.3 Å². The van der Waals surface area contributed by atoms with E-state index in [-0.39, 0.29) is 12.2 Å². The summed E-state index contributed by atoms with van der Waals surface area (Å²) in [5.41, 5.74) is -1.08. The normalized spacial score (nSPS) is 9.67. The highest BCUT2D eigenvalue weighted by Gasteiger charge is 2.15. The second kappa shape index (κ2) is 4.36. The van der Waals surface area contributed by atoms with Crippen LogP contribution in [0, 0.1) is 10.1 Å². The van der Waals surface area contributed by atoms with Gasteiger partial charge in [0.1, 0.15) is 5.56 Å². The number of nitro groups is 1.